The summed E-state index contributed by atoms with van der Waals surface area (Å²) in [6.45, 7) is 4.84. The lowest BCUT2D eigenvalue weighted by Crippen LogP contribution is -2.26. The standard InChI is InChI=1S/C15H16N2O4S/c1-9-10(2)21-14(16-9)8-20-15(19)13(17-11(3)18)7-12-5-4-6-22-12/h4-7H,8H2,1-3H3,(H,17,18). The van der Waals surface area contributed by atoms with E-state index in [2.05, 4.69) is 10.3 Å². The van der Waals surface area contributed by atoms with Crippen LogP contribution in [0.2, 0.25) is 0 Å². The van der Waals surface area contributed by atoms with Gasteiger partial charge >= 0.3 is 5.97 Å². The third-order valence-electron chi connectivity index (χ3n) is 2.76. The number of thiophene rings is 1. The predicted molar refractivity (Wildman–Crippen MR) is 81.9 cm³/mol. The molecule has 0 radical (unpaired) electrons. The van der Waals surface area contributed by atoms with E-state index in [1.165, 1.54) is 18.3 Å². The molecule has 0 fully saturated rings. The molecule has 1 N–H and O–H groups in total. The number of carbonyl (C=O) groups is 2. The van der Waals surface area contributed by atoms with E-state index in [1.54, 1.807) is 13.0 Å². The largest absolute Gasteiger partial charge is 0.451 e. The average Bonchev–Trinajstić information content (AvgIpc) is 3.06. The van der Waals surface area contributed by atoms with Gasteiger partial charge in [0.15, 0.2) is 6.61 Å². The molecule has 22 heavy (non-hydrogen) atoms. The van der Waals surface area contributed by atoms with Crippen molar-refractivity contribution in [2.24, 2.45) is 0 Å². The number of hydrogen-bond acceptors (Lipinski definition) is 6. The number of hydrogen-bond donors (Lipinski definition) is 1. The molecular weight excluding hydrogens is 304 g/mol. The summed E-state index contributed by atoms with van der Waals surface area (Å²) in [5, 5.41) is 4.35. The lowest BCUT2D eigenvalue weighted by atomic mass is 10.3. The zero-order chi connectivity index (χ0) is 16.1. The Morgan fingerprint density at radius 2 is 2.23 bits per heavy atom. The van der Waals surface area contributed by atoms with Crippen LogP contribution in [-0.4, -0.2) is 16.9 Å². The van der Waals surface area contributed by atoms with Gasteiger partial charge < -0.3 is 14.5 Å². The van der Waals surface area contributed by atoms with Gasteiger partial charge in [-0.25, -0.2) is 9.78 Å². The van der Waals surface area contributed by atoms with Gasteiger partial charge in [0.25, 0.3) is 0 Å². The first kappa shape index (κ1) is 16.0. The zero-order valence-electron chi connectivity index (χ0n) is 12.5. The van der Waals surface area contributed by atoms with Crippen LogP contribution in [0.3, 0.4) is 0 Å². The maximum Gasteiger partial charge on any atom is 0.355 e. The van der Waals surface area contributed by atoms with Crippen LogP contribution < -0.4 is 5.32 Å². The highest BCUT2D eigenvalue weighted by molar-refractivity contribution is 7.10. The summed E-state index contributed by atoms with van der Waals surface area (Å²) in [6, 6.07) is 3.69. The summed E-state index contributed by atoms with van der Waals surface area (Å²) in [6.07, 6.45) is 1.57. The summed E-state index contributed by atoms with van der Waals surface area (Å²) >= 11 is 1.45. The highest BCUT2D eigenvalue weighted by Gasteiger charge is 2.15. The molecule has 0 aliphatic rings. The monoisotopic (exact) mass is 320 g/mol. The van der Waals surface area contributed by atoms with Gasteiger partial charge in [-0.2, -0.15) is 0 Å². The summed E-state index contributed by atoms with van der Waals surface area (Å²) < 4.78 is 10.5. The molecule has 0 aliphatic carbocycles. The van der Waals surface area contributed by atoms with Crippen molar-refractivity contribution in [2.75, 3.05) is 0 Å². The average molecular weight is 320 g/mol. The Hall–Kier alpha value is -2.41. The van der Waals surface area contributed by atoms with Gasteiger partial charge in [0, 0.05) is 11.8 Å². The number of amides is 1. The van der Waals surface area contributed by atoms with Crippen LogP contribution in [0, 0.1) is 13.8 Å². The Balaban J connectivity index is 2.07. The number of aromatic nitrogens is 1. The van der Waals surface area contributed by atoms with Gasteiger partial charge in [-0.3, -0.25) is 4.79 Å². The minimum Gasteiger partial charge on any atom is -0.451 e. The van der Waals surface area contributed by atoms with Gasteiger partial charge in [0.05, 0.1) is 5.69 Å². The van der Waals surface area contributed by atoms with Crippen molar-refractivity contribution >= 4 is 29.3 Å². The van der Waals surface area contributed by atoms with Gasteiger partial charge in [-0.15, -0.1) is 11.3 Å². The van der Waals surface area contributed by atoms with E-state index in [9.17, 15) is 9.59 Å². The van der Waals surface area contributed by atoms with Crippen LogP contribution >= 0.6 is 11.3 Å². The van der Waals surface area contributed by atoms with Crippen LogP contribution in [0.15, 0.2) is 27.6 Å². The van der Waals surface area contributed by atoms with Crippen molar-refractivity contribution in [3.05, 3.63) is 45.4 Å². The second-order valence-corrected chi connectivity index (χ2v) is 5.56. The first-order valence-corrected chi connectivity index (χ1v) is 7.46. The van der Waals surface area contributed by atoms with Crippen LogP contribution in [0.4, 0.5) is 0 Å². The van der Waals surface area contributed by atoms with Crippen LogP contribution in [-0.2, 0) is 20.9 Å². The van der Waals surface area contributed by atoms with Gasteiger partial charge in [0.1, 0.15) is 11.5 Å². The highest BCUT2D eigenvalue weighted by atomic mass is 32.1. The second-order valence-electron chi connectivity index (χ2n) is 4.58. The molecule has 6 nitrogen and oxygen atoms in total. The maximum absolute atomic E-state index is 12.1. The van der Waals surface area contributed by atoms with Crippen molar-refractivity contribution in [2.45, 2.75) is 27.4 Å². The Morgan fingerprint density at radius 3 is 2.77 bits per heavy atom. The van der Waals surface area contributed by atoms with Crippen molar-refractivity contribution in [3.63, 3.8) is 0 Å². The van der Waals surface area contributed by atoms with Crippen molar-refractivity contribution in [3.8, 4) is 0 Å². The third kappa shape index (κ3) is 4.29. The number of nitrogens with one attached hydrogen (secondary N) is 1. The molecule has 0 saturated heterocycles. The highest BCUT2D eigenvalue weighted by Crippen LogP contribution is 2.14. The molecule has 2 heterocycles. The van der Waals surface area contributed by atoms with Gasteiger partial charge in [0.2, 0.25) is 11.8 Å². The van der Waals surface area contributed by atoms with E-state index in [1.807, 2.05) is 24.4 Å². The lowest BCUT2D eigenvalue weighted by Gasteiger charge is -2.07. The Kier molecular flexibility index (Phi) is 5.11. The number of oxazole rings is 1. The van der Waals surface area contributed by atoms with Gasteiger partial charge in [-0.05, 0) is 31.4 Å². The molecule has 0 aromatic carbocycles. The summed E-state index contributed by atoms with van der Waals surface area (Å²) in [4.78, 5) is 28.3. The molecule has 0 atom stereocenters. The molecule has 0 bridgehead atoms. The van der Waals surface area contributed by atoms with Crippen molar-refractivity contribution in [1.29, 1.82) is 0 Å². The zero-order valence-corrected chi connectivity index (χ0v) is 13.3. The molecule has 0 aliphatic heterocycles. The van der Waals surface area contributed by atoms with Crippen LogP contribution in [0.1, 0.15) is 29.1 Å². The molecule has 2 rings (SSSR count). The Labute approximate surface area is 131 Å². The van der Waals surface area contributed by atoms with E-state index >= 15 is 0 Å². The fourth-order valence-electron chi connectivity index (χ4n) is 1.66. The summed E-state index contributed by atoms with van der Waals surface area (Å²) in [5.41, 5.74) is 0.831. The van der Waals surface area contributed by atoms with Crippen LogP contribution in [0.25, 0.3) is 6.08 Å². The Morgan fingerprint density at radius 1 is 1.45 bits per heavy atom. The second kappa shape index (κ2) is 7.04. The number of nitrogens with zero attached hydrogens (tertiary/aromatic N) is 1. The minimum atomic E-state index is -0.642. The smallest absolute Gasteiger partial charge is 0.355 e. The summed E-state index contributed by atoms with van der Waals surface area (Å²) in [5.74, 6) is 0.0172. The molecule has 2 aromatic rings. The molecule has 1 amide bonds. The Bertz CT molecular complexity index is 682. The third-order valence-corrected chi connectivity index (χ3v) is 3.58. The van der Waals surface area contributed by atoms with Crippen molar-refractivity contribution < 1.29 is 18.7 Å². The van der Waals surface area contributed by atoms with Crippen LogP contribution in [0.5, 0.6) is 0 Å². The normalized spacial score (nSPS) is 11.3. The number of ether oxygens (including phenoxy) is 1. The van der Waals surface area contributed by atoms with E-state index in [-0.39, 0.29) is 18.2 Å². The molecule has 7 heteroatoms. The summed E-state index contributed by atoms with van der Waals surface area (Å²) in [7, 11) is 0. The molecular formula is C15H16N2O4S. The number of esters is 1. The predicted octanol–water partition coefficient (Wildman–Crippen LogP) is 2.57. The maximum atomic E-state index is 12.1. The van der Waals surface area contributed by atoms with Crippen molar-refractivity contribution in [1.82, 2.24) is 10.3 Å². The quantitative estimate of drug-likeness (QED) is 0.676. The lowest BCUT2D eigenvalue weighted by molar-refractivity contribution is -0.142. The van der Waals surface area contributed by atoms with E-state index < -0.39 is 5.97 Å². The number of rotatable bonds is 5. The van der Waals surface area contributed by atoms with E-state index in [0.29, 0.717) is 11.7 Å². The first-order chi connectivity index (χ1) is 10.5. The first-order valence-electron chi connectivity index (χ1n) is 6.58. The fourth-order valence-corrected chi connectivity index (χ4v) is 2.31. The minimum absolute atomic E-state index is 0.0787. The van der Waals surface area contributed by atoms with E-state index in [4.69, 9.17) is 9.15 Å². The molecule has 116 valence electrons. The molecule has 2 aromatic heterocycles. The number of carbonyl (C=O) groups excluding carboxylic acids is 2. The molecule has 0 spiro atoms. The molecule has 0 unspecified atom stereocenters. The molecule has 0 saturated carbocycles. The number of aryl methyl sites for hydroxylation is 2. The van der Waals surface area contributed by atoms with Gasteiger partial charge in [-0.1, -0.05) is 6.07 Å². The fraction of sp³-hybridized carbons (Fsp3) is 0.267. The SMILES string of the molecule is CC(=O)NC(=Cc1cccs1)C(=O)OCc1nc(C)c(C)o1. The topological polar surface area (TPSA) is 81.4 Å². The van der Waals surface area contributed by atoms with E-state index in [0.717, 1.165) is 10.6 Å².